The molecule has 0 aliphatic heterocycles. The number of hydrogen-bond acceptors (Lipinski definition) is 5. The largest absolute Gasteiger partial charge is 0.326 e. The van der Waals surface area contributed by atoms with Gasteiger partial charge in [-0.1, -0.05) is 25.4 Å². The molecule has 2 rings (SSSR count). The number of carbonyl (C=O) groups is 2. The lowest BCUT2D eigenvalue weighted by molar-refractivity contribution is -0.116. The Hall–Kier alpha value is -1.74. The summed E-state index contributed by atoms with van der Waals surface area (Å²) >= 11 is 7.65. The van der Waals surface area contributed by atoms with E-state index in [2.05, 4.69) is 5.32 Å². The minimum absolute atomic E-state index is 0.00786. The topological polar surface area (TPSA) is 83.6 Å². The van der Waals surface area contributed by atoms with E-state index in [0.29, 0.717) is 24.3 Å². The smallest absolute Gasteiger partial charge is 0.244 e. The van der Waals surface area contributed by atoms with Crippen molar-refractivity contribution in [1.29, 1.82) is 0 Å². The number of aryl methyl sites for hydroxylation is 2. The van der Waals surface area contributed by atoms with E-state index in [1.807, 2.05) is 19.9 Å². The quantitative estimate of drug-likeness (QED) is 0.556. The molecule has 0 saturated carbocycles. The number of sulfonamides is 1. The number of ketones is 1. The van der Waals surface area contributed by atoms with Gasteiger partial charge in [0.15, 0.2) is 5.78 Å². The summed E-state index contributed by atoms with van der Waals surface area (Å²) in [6, 6.07) is 6.16. The maximum absolute atomic E-state index is 12.7. The molecule has 9 heteroatoms. The first-order chi connectivity index (χ1) is 13.6. The Balaban J connectivity index is 2.09. The Morgan fingerprint density at radius 1 is 1.10 bits per heavy atom. The number of carbonyl (C=O) groups excluding carboxylic acids is 2. The number of Topliss-reactive ketones (excluding diaryl/α,β-unsaturated/α-hetero) is 1. The summed E-state index contributed by atoms with van der Waals surface area (Å²) in [5, 5.41) is 2.74. The lowest BCUT2D eigenvalue weighted by Gasteiger charge is -2.19. The number of anilines is 1. The van der Waals surface area contributed by atoms with Crippen molar-refractivity contribution >= 4 is 50.3 Å². The zero-order valence-electron chi connectivity index (χ0n) is 16.9. The highest BCUT2D eigenvalue weighted by molar-refractivity contribution is 7.89. The summed E-state index contributed by atoms with van der Waals surface area (Å²) < 4.78 is 26.8. The van der Waals surface area contributed by atoms with Crippen LogP contribution in [0.4, 0.5) is 5.69 Å². The zero-order valence-corrected chi connectivity index (χ0v) is 19.3. The zero-order chi connectivity index (χ0) is 21.8. The first-order valence-electron chi connectivity index (χ1n) is 9.29. The van der Waals surface area contributed by atoms with Crippen LogP contribution in [0.3, 0.4) is 0 Å². The third kappa shape index (κ3) is 5.66. The van der Waals surface area contributed by atoms with Crippen molar-refractivity contribution in [3.63, 3.8) is 0 Å². The first-order valence-corrected chi connectivity index (χ1v) is 11.9. The van der Waals surface area contributed by atoms with Gasteiger partial charge in [-0.05, 0) is 38.1 Å². The van der Waals surface area contributed by atoms with Gasteiger partial charge in [0, 0.05) is 46.9 Å². The van der Waals surface area contributed by atoms with E-state index in [-0.39, 0.29) is 34.5 Å². The Morgan fingerprint density at radius 2 is 1.76 bits per heavy atom. The molecule has 6 nitrogen and oxygen atoms in total. The van der Waals surface area contributed by atoms with E-state index in [4.69, 9.17) is 11.6 Å². The number of amides is 1. The third-order valence-electron chi connectivity index (χ3n) is 4.46. The average molecular weight is 457 g/mol. The molecule has 1 aromatic carbocycles. The number of nitrogens with zero attached hydrogens (tertiary/aromatic N) is 1. The van der Waals surface area contributed by atoms with Crippen molar-refractivity contribution < 1.29 is 18.0 Å². The van der Waals surface area contributed by atoms with E-state index in [1.54, 1.807) is 25.2 Å². The van der Waals surface area contributed by atoms with Crippen LogP contribution >= 0.6 is 22.9 Å². The molecule has 0 fully saturated rings. The summed E-state index contributed by atoms with van der Waals surface area (Å²) in [6.45, 7) is 7.94. The van der Waals surface area contributed by atoms with Gasteiger partial charge in [-0.15, -0.1) is 11.3 Å². The maximum atomic E-state index is 12.7. The van der Waals surface area contributed by atoms with Gasteiger partial charge in [-0.3, -0.25) is 9.59 Å². The van der Waals surface area contributed by atoms with Crippen LogP contribution in [-0.4, -0.2) is 37.5 Å². The van der Waals surface area contributed by atoms with Gasteiger partial charge in [0.2, 0.25) is 15.9 Å². The summed E-state index contributed by atoms with van der Waals surface area (Å²) in [5.41, 5.74) is 0.972. The lowest BCUT2D eigenvalue weighted by Crippen LogP contribution is -2.30. The van der Waals surface area contributed by atoms with Gasteiger partial charge < -0.3 is 5.32 Å². The van der Waals surface area contributed by atoms with Crippen LogP contribution in [-0.2, 0) is 14.8 Å². The SMILES string of the molecule is CCN(CC)S(=O)(=O)c1cc(NC(=O)CCC(=O)c2cc(C)sc2C)ccc1Cl. The van der Waals surface area contributed by atoms with Crippen LogP contribution in [0.25, 0.3) is 0 Å². The second-order valence-corrected chi connectivity index (χ2v) is 10.3. The highest BCUT2D eigenvalue weighted by Crippen LogP contribution is 2.28. The van der Waals surface area contributed by atoms with Crippen molar-refractivity contribution in [2.24, 2.45) is 0 Å². The van der Waals surface area contributed by atoms with E-state index >= 15 is 0 Å². The van der Waals surface area contributed by atoms with Crippen molar-refractivity contribution in [3.8, 4) is 0 Å². The molecule has 2 aromatic rings. The van der Waals surface area contributed by atoms with Gasteiger partial charge in [0.1, 0.15) is 4.90 Å². The fraction of sp³-hybridized carbons (Fsp3) is 0.400. The summed E-state index contributed by atoms with van der Waals surface area (Å²) in [7, 11) is -3.76. The monoisotopic (exact) mass is 456 g/mol. The van der Waals surface area contributed by atoms with Gasteiger partial charge in [-0.2, -0.15) is 4.31 Å². The molecule has 158 valence electrons. The molecule has 0 atom stereocenters. The number of nitrogens with one attached hydrogen (secondary N) is 1. The van der Waals surface area contributed by atoms with Crippen molar-refractivity contribution in [3.05, 3.63) is 44.6 Å². The predicted molar refractivity (Wildman–Crippen MR) is 118 cm³/mol. The number of halogens is 1. The fourth-order valence-corrected chi connectivity index (χ4v) is 5.88. The van der Waals surface area contributed by atoms with E-state index < -0.39 is 10.0 Å². The van der Waals surface area contributed by atoms with Crippen molar-refractivity contribution in [2.45, 2.75) is 45.4 Å². The molecule has 1 heterocycles. The van der Waals surface area contributed by atoms with Crippen LogP contribution in [0.5, 0.6) is 0 Å². The molecule has 0 unspecified atom stereocenters. The molecule has 0 radical (unpaired) electrons. The van der Waals surface area contributed by atoms with E-state index in [9.17, 15) is 18.0 Å². The Bertz CT molecular complexity index is 1010. The highest BCUT2D eigenvalue weighted by atomic mass is 35.5. The number of benzene rings is 1. The highest BCUT2D eigenvalue weighted by Gasteiger charge is 2.25. The standard InChI is InChI=1S/C20H25ClN2O4S2/c1-5-23(6-2)29(26,27)19-12-15(7-8-17(19)21)22-20(25)10-9-18(24)16-11-13(3)28-14(16)4/h7-8,11-12H,5-6,9-10H2,1-4H3,(H,22,25). The number of thiophene rings is 1. The molecule has 29 heavy (non-hydrogen) atoms. The lowest BCUT2D eigenvalue weighted by atomic mass is 10.1. The Kier molecular flexibility index (Phi) is 7.99. The van der Waals surface area contributed by atoms with Gasteiger partial charge in [-0.25, -0.2) is 8.42 Å². The minimum Gasteiger partial charge on any atom is -0.326 e. The molecular weight excluding hydrogens is 432 g/mol. The van der Waals surface area contributed by atoms with Crippen LogP contribution in [0.1, 0.15) is 46.8 Å². The molecular formula is C20H25ClN2O4S2. The van der Waals surface area contributed by atoms with E-state index in [1.165, 1.54) is 22.5 Å². The van der Waals surface area contributed by atoms with Crippen LogP contribution < -0.4 is 5.32 Å². The summed E-state index contributed by atoms with van der Waals surface area (Å²) in [4.78, 5) is 26.5. The van der Waals surface area contributed by atoms with Gasteiger partial charge >= 0.3 is 0 Å². The molecule has 1 amide bonds. The fourth-order valence-electron chi connectivity index (χ4n) is 2.97. The number of rotatable bonds is 9. The van der Waals surface area contributed by atoms with Crippen molar-refractivity contribution in [1.82, 2.24) is 4.31 Å². The number of hydrogen-bond donors (Lipinski definition) is 1. The molecule has 0 aliphatic carbocycles. The molecule has 0 saturated heterocycles. The molecule has 1 N–H and O–H groups in total. The second-order valence-electron chi connectivity index (χ2n) is 6.53. The maximum Gasteiger partial charge on any atom is 0.244 e. The third-order valence-corrected chi connectivity index (χ3v) is 7.96. The molecule has 1 aromatic heterocycles. The van der Waals surface area contributed by atoms with Crippen LogP contribution in [0.15, 0.2) is 29.2 Å². The molecule has 0 aliphatic rings. The Morgan fingerprint density at radius 3 is 2.31 bits per heavy atom. The van der Waals surface area contributed by atoms with E-state index in [0.717, 1.165) is 9.75 Å². The summed E-state index contributed by atoms with van der Waals surface area (Å²) in [5.74, 6) is -0.445. The van der Waals surface area contributed by atoms with Crippen LogP contribution in [0, 0.1) is 13.8 Å². The normalized spacial score (nSPS) is 11.7. The Labute approximate surface area is 180 Å². The first kappa shape index (κ1) is 23.5. The average Bonchev–Trinajstić information content (AvgIpc) is 3.00. The molecule has 0 bridgehead atoms. The molecule has 0 spiro atoms. The second kappa shape index (κ2) is 9.84. The summed E-state index contributed by atoms with van der Waals surface area (Å²) in [6.07, 6.45) is 0.0922. The minimum atomic E-state index is -3.76. The predicted octanol–water partition coefficient (Wildman–Crippen LogP) is 4.65. The van der Waals surface area contributed by atoms with Crippen molar-refractivity contribution in [2.75, 3.05) is 18.4 Å². The van der Waals surface area contributed by atoms with Gasteiger partial charge in [0.25, 0.3) is 0 Å². The van der Waals surface area contributed by atoms with Gasteiger partial charge in [0.05, 0.1) is 5.02 Å². The van der Waals surface area contributed by atoms with Crippen LogP contribution in [0.2, 0.25) is 5.02 Å².